The van der Waals surface area contributed by atoms with Gasteiger partial charge in [-0.1, -0.05) is 18.2 Å². The molecule has 3 rings (SSSR count). The van der Waals surface area contributed by atoms with Gasteiger partial charge in [-0.2, -0.15) is 5.10 Å². The smallest absolute Gasteiger partial charge is 0.227 e. The van der Waals surface area contributed by atoms with E-state index in [-0.39, 0.29) is 17.7 Å². The van der Waals surface area contributed by atoms with Gasteiger partial charge in [0.1, 0.15) is 12.7 Å². The Morgan fingerprint density at radius 1 is 1.38 bits per heavy atom. The van der Waals surface area contributed by atoms with Crippen LogP contribution in [0.25, 0.3) is 0 Å². The van der Waals surface area contributed by atoms with E-state index in [0.29, 0.717) is 32.4 Å². The highest BCUT2D eigenvalue weighted by Crippen LogP contribution is 2.34. The fourth-order valence-corrected chi connectivity index (χ4v) is 2.99. The van der Waals surface area contributed by atoms with Crippen molar-refractivity contribution >= 4 is 17.5 Å². The summed E-state index contributed by atoms with van der Waals surface area (Å²) in [6, 6.07) is 7.86. The second-order valence-corrected chi connectivity index (χ2v) is 5.98. The molecule has 0 saturated heterocycles. The number of hydrogen-bond donors (Lipinski definition) is 1. The number of aromatic nitrogens is 3. The van der Waals surface area contributed by atoms with E-state index < -0.39 is 0 Å². The van der Waals surface area contributed by atoms with Gasteiger partial charge in [-0.05, 0) is 18.1 Å². The van der Waals surface area contributed by atoms with Crippen LogP contribution in [0.4, 0.5) is 5.69 Å². The van der Waals surface area contributed by atoms with Gasteiger partial charge >= 0.3 is 0 Å². The molecule has 0 fully saturated rings. The zero-order valence-corrected chi connectivity index (χ0v) is 13.7. The molecule has 2 aromatic rings. The third-order valence-corrected chi connectivity index (χ3v) is 4.34. The van der Waals surface area contributed by atoms with Crippen molar-refractivity contribution in [3.8, 4) is 0 Å². The summed E-state index contributed by atoms with van der Waals surface area (Å²) in [6.07, 6.45) is 4.68. The van der Waals surface area contributed by atoms with Gasteiger partial charge in [-0.3, -0.25) is 14.3 Å². The Balaban J connectivity index is 1.51. The normalized spacial score (nSPS) is 16.8. The molecule has 0 aliphatic carbocycles. The maximum absolute atomic E-state index is 12.1. The minimum Gasteiger partial charge on any atom is -0.355 e. The summed E-state index contributed by atoms with van der Waals surface area (Å²) in [5.74, 6) is 0.113. The highest BCUT2D eigenvalue weighted by Gasteiger charge is 2.28. The van der Waals surface area contributed by atoms with Crippen LogP contribution in [0, 0.1) is 0 Å². The number of carbonyl (C=O) groups is 2. The lowest BCUT2D eigenvalue weighted by atomic mass is 9.89. The number of hydrogen-bond acceptors (Lipinski definition) is 4. The van der Waals surface area contributed by atoms with Crippen molar-refractivity contribution in [1.82, 2.24) is 20.1 Å². The first-order chi connectivity index (χ1) is 11.6. The molecule has 0 saturated carbocycles. The summed E-state index contributed by atoms with van der Waals surface area (Å²) in [5, 5.41) is 6.96. The molecule has 24 heavy (non-hydrogen) atoms. The van der Waals surface area contributed by atoms with E-state index in [0.717, 1.165) is 11.3 Å². The van der Waals surface area contributed by atoms with Crippen molar-refractivity contribution in [3.63, 3.8) is 0 Å². The van der Waals surface area contributed by atoms with Crippen LogP contribution >= 0.6 is 0 Å². The maximum atomic E-state index is 12.1. The van der Waals surface area contributed by atoms with Crippen LogP contribution in [0.5, 0.6) is 0 Å². The zero-order valence-electron chi connectivity index (χ0n) is 13.7. The van der Waals surface area contributed by atoms with Gasteiger partial charge < -0.3 is 10.2 Å². The molecule has 1 aliphatic heterocycles. The Hall–Kier alpha value is -2.70. The summed E-state index contributed by atoms with van der Waals surface area (Å²) in [4.78, 5) is 29.7. The highest BCUT2D eigenvalue weighted by molar-refractivity contribution is 5.96. The van der Waals surface area contributed by atoms with Gasteiger partial charge in [-0.15, -0.1) is 0 Å². The number of amides is 2. The van der Waals surface area contributed by atoms with Gasteiger partial charge in [0.25, 0.3) is 0 Å². The van der Waals surface area contributed by atoms with E-state index in [4.69, 9.17) is 0 Å². The highest BCUT2D eigenvalue weighted by atomic mass is 16.2. The van der Waals surface area contributed by atoms with Gasteiger partial charge in [0, 0.05) is 44.6 Å². The van der Waals surface area contributed by atoms with Crippen LogP contribution in [-0.4, -0.2) is 40.2 Å². The first-order valence-electron chi connectivity index (χ1n) is 8.09. The molecule has 1 aliphatic rings. The van der Waals surface area contributed by atoms with Gasteiger partial charge in [0.2, 0.25) is 11.8 Å². The number of nitrogens with zero attached hydrogens (tertiary/aromatic N) is 4. The largest absolute Gasteiger partial charge is 0.355 e. The average Bonchev–Trinajstić information content (AvgIpc) is 3.10. The topological polar surface area (TPSA) is 80.1 Å². The minimum atomic E-state index is -0.000950. The molecule has 1 atom stereocenters. The molecule has 0 radical (unpaired) electrons. The number of fused-ring (bicyclic) bond motifs is 1. The minimum absolute atomic E-state index is 0.000950. The summed E-state index contributed by atoms with van der Waals surface area (Å²) in [6.45, 7) is 1.15. The van der Waals surface area contributed by atoms with Crippen molar-refractivity contribution in [2.75, 3.05) is 18.5 Å². The lowest BCUT2D eigenvalue weighted by molar-refractivity contribution is -0.122. The van der Waals surface area contributed by atoms with Crippen LogP contribution < -0.4 is 10.2 Å². The number of carbonyl (C=O) groups excluding carboxylic acids is 2. The number of para-hydroxylation sites is 1. The fourth-order valence-electron chi connectivity index (χ4n) is 2.99. The Bertz CT molecular complexity index is 714. The zero-order chi connectivity index (χ0) is 16.9. The van der Waals surface area contributed by atoms with Gasteiger partial charge in [0.05, 0.1) is 0 Å². The van der Waals surface area contributed by atoms with Gasteiger partial charge in [-0.25, -0.2) is 4.98 Å². The van der Waals surface area contributed by atoms with E-state index >= 15 is 0 Å². The van der Waals surface area contributed by atoms with E-state index in [1.807, 2.05) is 24.3 Å². The Labute approximate surface area is 140 Å². The second kappa shape index (κ2) is 7.25. The van der Waals surface area contributed by atoms with Crippen molar-refractivity contribution in [2.45, 2.75) is 31.7 Å². The second-order valence-electron chi connectivity index (χ2n) is 5.98. The lowest BCUT2D eigenvalue weighted by Gasteiger charge is -2.31. The molecule has 0 bridgehead atoms. The van der Waals surface area contributed by atoms with E-state index in [9.17, 15) is 9.59 Å². The summed E-state index contributed by atoms with van der Waals surface area (Å²) < 4.78 is 1.71. The molecular weight excluding hydrogens is 306 g/mol. The molecule has 0 spiro atoms. The third kappa shape index (κ3) is 3.61. The number of anilines is 1. The standard InChI is InChI=1S/C17H21N5O2/c1-21-15-6-3-2-5-14(15)13(9-17(21)24)10-19-16(23)7-4-8-22-12-18-11-20-22/h2-3,5-6,11-13H,4,7-10H2,1H3,(H,19,23). The predicted octanol–water partition coefficient (Wildman–Crippen LogP) is 1.32. The Morgan fingerprint density at radius 3 is 3.00 bits per heavy atom. The Kier molecular flexibility index (Phi) is 4.88. The fraction of sp³-hybridized carbons (Fsp3) is 0.412. The molecule has 2 heterocycles. The molecule has 1 aromatic heterocycles. The quantitative estimate of drug-likeness (QED) is 0.868. The predicted molar refractivity (Wildman–Crippen MR) is 89.5 cm³/mol. The van der Waals surface area contributed by atoms with Crippen molar-refractivity contribution in [3.05, 3.63) is 42.5 Å². The van der Waals surface area contributed by atoms with Crippen LogP contribution in [0.2, 0.25) is 0 Å². The molecule has 126 valence electrons. The number of aryl methyl sites for hydroxylation is 1. The van der Waals surface area contributed by atoms with E-state index in [2.05, 4.69) is 15.4 Å². The summed E-state index contributed by atoms with van der Waals surface area (Å²) in [5.41, 5.74) is 2.04. The molecule has 7 nitrogen and oxygen atoms in total. The SMILES string of the molecule is CN1C(=O)CC(CNC(=O)CCCn2cncn2)c2ccccc21. The average molecular weight is 327 g/mol. The van der Waals surface area contributed by atoms with Crippen molar-refractivity contribution < 1.29 is 9.59 Å². The first-order valence-corrected chi connectivity index (χ1v) is 8.09. The van der Waals surface area contributed by atoms with E-state index in [1.54, 1.807) is 23.0 Å². The van der Waals surface area contributed by atoms with E-state index in [1.165, 1.54) is 6.33 Å². The van der Waals surface area contributed by atoms with Gasteiger partial charge in [0.15, 0.2) is 0 Å². The number of benzene rings is 1. The lowest BCUT2D eigenvalue weighted by Crippen LogP contribution is -2.37. The first kappa shape index (κ1) is 16.2. The monoisotopic (exact) mass is 327 g/mol. The molecule has 2 amide bonds. The number of nitrogens with one attached hydrogen (secondary N) is 1. The molecular formula is C17H21N5O2. The molecule has 7 heteroatoms. The third-order valence-electron chi connectivity index (χ3n) is 4.34. The van der Waals surface area contributed by atoms with Crippen molar-refractivity contribution in [2.24, 2.45) is 0 Å². The van der Waals surface area contributed by atoms with Crippen LogP contribution in [-0.2, 0) is 16.1 Å². The molecule has 1 unspecified atom stereocenters. The Morgan fingerprint density at radius 2 is 2.21 bits per heavy atom. The van der Waals surface area contributed by atoms with Crippen molar-refractivity contribution in [1.29, 1.82) is 0 Å². The molecule has 1 aromatic carbocycles. The van der Waals surface area contributed by atoms with Crippen LogP contribution in [0.1, 0.15) is 30.7 Å². The summed E-state index contributed by atoms with van der Waals surface area (Å²) in [7, 11) is 1.79. The van der Waals surface area contributed by atoms with Crippen LogP contribution in [0.15, 0.2) is 36.9 Å². The summed E-state index contributed by atoms with van der Waals surface area (Å²) >= 11 is 0. The number of rotatable bonds is 6. The van der Waals surface area contributed by atoms with Crippen LogP contribution in [0.3, 0.4) is 0 Å². The maximum Gasteiger partial charge on any atom is 0.227 e. The molecule has 1 N–H and O–H groups in total.